The highest BCUT2D eigenvalue weighted by atomic mass is 19.1. The van der Waals surface area contributed by atoms with Crippen LogP contribution < -0.4 is 5.32 Å². The van der Waals surface area contributed by atoms with Crippen LogP contribution in [0, 0.1) is 5.82 Å². The fourth-order valence-corrected chi connectivity index (χ4v) is 2.92. The average molecular weight is 400 g/mol. The summed E-state index contributed by atoms with van der Waals surface area (Å²) in [6.45, 7) is 1.48. The minimum absolute atomic E-state index is 0.0335. The predicted molar refractivity (Wildman–Crippen MR) is 111 cm³/mol. The zero-order valence-corrected chi connectivity index (χ0v) is 16.0. The highest BCUT2D eigenvalue weighted by molar-refractivity contribution is 6.02. The lowest BCUT2D eigenvalue weighted by molar-refractivity contribution is 0.101. The lowest BCUT2D eigenvalue weighted by Gasteiger charge is -2.05. The molecule has 0 bridgehead atoms. The van der Waals surface area contributed by atoms with Crippen LogP contribution in [-0.2, 0) is 0 Å². The Morgan fingerprint density at radius 2 is 1.57 bits per heavy atom. The molecule has 4 aromatic rings. The molecule has 1 heterocycles. The smallest absolute Gasteiger partial charge is 0.295 e. The Balaban J connectivity index is 1.69. The van der Waals surface area contributed by atoms with Gasteiger partial charge in [-0.3, -0.25) is 9.59 Å². The lowest BCUT2D eigenvalue weighted by atomic mass is 10.1. The predicted octanol–water partition coefficient (Wildman–Crippen LogP) is 4.53. The van der Waals surface area contributed by atoms with Gasteiger partial charge in [-0.05, 0) is 55.5 Å². The molecule has 4 rings (SSSR count). The van der Waals surface area contributed by atoms with E-state index in [1.54, 1.807) is 36.4 Å². The van der Waals surface area contributed by atoms with Crippen molar-refractivity contribution in [3.05, 3.63) is 96.1 Å². The number of carbonyl (C=O) groups is 2. The average Bonchev–Trinajstić information content (AvgIpc) is 3.21. The molecule has 0 atom stereocenters. The van der Waals surface area contributed by atoms with Crippen LogP contribution in [0.15, 0.2) is 78.9 Å². The summed E-state index contributed by atoms with van der Waals surface area (Å²) in [4.78, 5) is 28.5. The second kappa shape index (κ2) is 8.08. The van der Waals surface area contributed by atoms with Crippen molar-refractivity contribution in [1.29, 1.82) is 0 Å². The van der Waals surface area contributed by atoms with Crippen LogP contribution in [0.4, 0.5) is 10.1 Å². The summed E-state index contributed by atoms with van der Waals surface area (Å²) < 4.78 is 14.9. The number of nitrogens with zero attached hydrogens (tertiary/aromatic N) is 3. The maximum atomic E-state index is 13.3. The van der Waals surface area contributed by atoms with E-state index in [2.05, 4.69) is 15.4 Å². The number of hydrogen-bond acceptors (Lipinski definition) is 4. The Bertz CT molecular complexity index is 1200. The molecule has 0 unspecified atom stereocenters. The highest BCUT2D eigenvalue weighted by Crippen LogP contribution is 2.22. The van der Waals surface area contributed by atoms with Gasteiger partial charge in [0.25, 0.3) is 5.91 Å². The third-order valence-electron chi connectivity index (χ3n) is 4.46. The topological polar surface area (TPSA) is 76.9 Å². The molecule has 7 heteroatoms. The quantitative estimate of drug-likeness (QED) is 0.500. The number of nitrogens with one attached hydrogen (secondary N) is 1. The summed E-state index contributed by atoms with van der Waals surface area (Å²) in [5, 5.41) is 7.07. The number of rotatable bonds is 5. The Morgan fingerprint density at radius 3 is 2.20 bits per heavy atom. The van der Waals surface area contributed by atoms with E-state index in [-0.39, 0.29) is 17.4 Å². The van der Waals surface area contributed by atoms with Crippen LogP contribution in [0.5, 0.6) is 0 Å². The van der Waals surface area contributed by atoms with E-state index in [1.165, 1.54) is 23.7 Å². The van der Waals surface area contributed by atoms with Gasteiger partial charge < -0.3 is 5.32 Å². The Labute approximate surface area is 172 Å². The minimum Gasteiger partial charge on any atom is -0.319 e. The number of ketones is 1. The zero-order valence-electron chi connectivity index (χ0n) is 16.0. The first-order chi connectivity index (χ1) is 14.5. The Kier molecular flexibility index (Phi) is 5.17. The van der Waals surface area contributed by atoms with E-state index in [0.29, 0.717) is 22.8 Å². The molecule has 1 N–H and O–H groups in total. The van der Waals surface area contributed by atoms with Crippen molar-refractivity contribution in [3.63, 3.8) is 0 Å². The van der Waals surface area contributed by atoms with Crippen LogP contribution in [0.3, 0.4) is 0 Å². The second-order valence-corrected chi connectivity index (χ2v) is 6.60. The number of aromatic nitrogens is 3. The molecule has 0 saturated carbocycles. The van der Waals surface area contributed by atoms with Crippen molar-refractivity contribution >= 4 is 17.4 Å². The van der Waals surface area contributed by atoms with Gasteiger partial charge in [-0.1, -0.05) is 30.3 Å². The molecule has 6 nitrogen and oxygen atoms in total. The zero-order chi connectivity index (χ0) is 21.1. The van der Waals surface area contributed by atoms with E-state index in [9.17, 15) is 14.0 Å². The maximum absolute atomic E-state index is 13.3. The summed E-state index contributed by atoms with van der Waals surface area (Å²) in [5.74, 6) is -0.496. The summed E-state index contributed by atoms with van der Waals surface area (Å²) in [6, 6.07) is 21.6. The van der Waals surface area contributed by atoms with Gasteiger partial charge in [0.2, 0.25) is 5.82 Å². The maximum Gasteiger partial charge on any atom is 0.295 e. The molecule has 1 amide bonds. The molecule has 3 aromatic carbocycles. The highest BCUT2D eigenvalue weighted by Gasteiger charge is 2.19. The number of hydrogen-bond donors (Lipinski definition) is 1. The van der Waals surface area contributed by atoms with Gasteiger partial charge in [0.15, 0.2) is 11.6 Å². The van der Waals surface area contributed by atoms with Crippen molar-refractivity contribution < 1.29 is 14.0 Å². The summed E-state index contributed by atoms with van der Waals surface area (Å²) in [5.41, 5.74) is 2.41. The van der Waals surface area contributed by atoms with Gasteiger partial charge in [0, 0.05) is 16.8 Å². The van der Waals surface area contributed by atoms with Crippen molar-refractivity contribution in [2.24, 2.45) is 0 Å². The van der Waals surface area contributed by atoms with Crippen molar-refractivity contribution in [3.8, 4) is 17.1 Å². The first-order valence-electron chi connectivity index (χ1n) is 9.22. The molecule has 0 fully saturated rings. The number of anilines is 1. The van der Waals surface area contributed by atoms with Gasteiger partial charge in [-0.2, -0.15) is 0 Å². The van der Waals surface area contributed by atoms with E-state index >= 15 is 0 Å². The molecule has 0 aliphatic rings. The van der Waals surface area contributed by atoms with E-state index in [4.69, 9.17) is 0 Å². The van der Waals surface area contributed by atoms with Crippen molar-refractivity contribution in [2.45, 2.75) is 6.92 Å². The number of benzene rings is 3. The third kappa shape index (κ3) is 4.00. The molecule has 0 radical (unpaired) electrons. The van der Waals surface area contributed by atoms with Crippen LogP contribution >= 0.6 is 0 Å². The molecule has 30 heavy (non-hydrogen) atoms. The molecular weight excluding hydrogens is 383 g/mol. The lowest BCUT2D eigenvalue weighted by Crippen LogP contribution is -2.14. The van der Waals surface area contributed by atoms with Gasteiger partial charge in [-0.15, -0.1) is 5.10 Å². The Hall–Kier alpha value is -4.13. The van der Waals surface area contributed by atoms with E-state index in [0.717, 1.165) is 5.56 Å². The molecule has 0 aliphatic heterocycles. The number of amides is 1. The van der Waals surface area contributed by atoms with Crippen LogP contribution in [0.25, 0.3) is 17.1 Å². The number of halogens is 1. The molecule has 1 aromatic heterocycles. The molecule has 0 saturated heterocycles. The normalized spacial score (nSPS) is 10.6. The van der Waals surface area contributed by atoms with Gasteiger partial charge in [0.1, 0.15) is 5.82 Å². The van der Waals surface area contributed by atoms with E-state index < -0.39 is 5.91 Å². The van der Waals surface area contributed by atoms with Gasteiger partial charge in [-0.25, -0.2) is 14.1 Å². The van der Waals surface area contributed by atoms with Gasteiger partial charge in [0.05, 0.1) is 5.69 Å². The first kappa shape index (κ1) is 19.2. The van der Waals surface area contributed by atoms with E-state index in [1.807, 2.05) is 30.3 Å². The minimum atomic E-state index is -0.497. The fraction of sp³-hybridized carbons (Fsp3) is 0.0435. The first-order valence-corrected chi connectivity index (χ1v) is 9.22. The summed E-state index contributed by atoms with van der Waals surface area (Å²) >= 11 is 0. The van der Waals surface area contributed by atoms with Crippen molar-refractivity contribution in [1.82, 2.24) is 14.8 Å². The molecular formula is C23H17FN4O2. The van der Waals surface area contributed by atoms with Crippen LogP contribution in [0.1, 0.15) is 27.9 Å². The fourth-order valence-electron chi connectivity index (χ4n) is 2.92. The van der Waals surface area contributed by atoms with Gasteiger partial charge >= 0.3 is 0 Å². The summed E-state index contributed by atoms with van der Waals surface area (Å²) in [6.07, 6.45) is 0. The molecule has 0 aliphatic carbocycles. The third-order valence-corrected chi connectivity index (χ3v) is 4.46. The second-order valence-electron chi connectivity index (χ2n) is 6.60. The monoisotopic (exact) mass is 400 g/mol. The number of Topliss-reactive ketones (excluding diaryl/α,β-unsaturated/α-hetero) is 1. The molecule has 148 valence electrons. The summed E-state index contributed by atoms with van der Waals surface area (Å²) in [7, 11) is 0. The Morgan fingerprint density at radius 1 is 0.900 bits per heavy atom. The van der Waals surface area contributed by atoms with Crippen LogP contribution in [-0.4, -0.2) is 26.5 Å². The molecule has 0 spiro atoms. The van der Waals surface area contributed by atoms with Crippen molar-refractivity contribution in [2.75, 3.05) is 5.32 Å². The standard InChI is InChI=1S/C23H17FN4O2/c1-15(29)16-7-11-19(12-8-16)25-23(30)21-26-22(17-5-3-2-4-6-17)28(27-21)20-13-9-18(24)10-14-20/h2-14H,1H3,(H,25,30). The number of carbonyl (C=O) groups excluding carboxylic acids is 2. The van der Waals surface area contributed by atoms with Crippen LogP contribution in [0.2, 0.25) is 0 Å². The SMILES string of the molecule is CC(=O)c1ccc(NC(=O)c2nc(-c3ccccc3)n(-c3ccc(F)cc3)n2)cc1. The largest absolute Gasteiger partial charge is 0.319 e.